The summed E-state index contributed by atoms with van der Waals surface area (Å²) in [5, 5.41) is 55.9. The van der Waals surface area contributed by atoms with Gasteiger partial charge in [0, 0.05) is 101 Å². The summed E-state index contributed by atoms with van der Waals surface area (Å²) in [5.41, 5.74) is -0.208. The molecule has 0 bridgehead atoms. The third kappa shape index (κ3) is 20.7. The van der Waals surface area contributed by atoms with Gasteiger partial charge in [-0.1, -0.05) is 0 Å². The molecule has 4 aliphatic rings. The number of rotatable bonds is 20. The average Bonchev–Trinajstić information content (AvgIpc) is 3.25. The Balaban J connectivity index is 0.000000312. The second-order valence-electron chi connectivity index (χ2n) is 28.3. The minimum atomic E-state index is -0.952. The summed E-state index contributed by atoms with van der Waals surface area (Å²) in [4.78, 5) is 60.8. The maximum absolute atomic E-state index is 11.3. The highest BCUT2D eigenvalue weighted by Crippen LogP contribution is 2.38. The topological polar surface area (TPSA) is 278 Å². The minimum absolute atomic E-state index is 0.0260. The molecule has 0 amide bonds. The number of anilines is 6. The summed E-state index contributed by atoms with van der Waals surface area (Å²) in [7, 11) is 0. The number of nitrogens with zero attached hydrogens (tertiary/aromatic N) is 10. The van der Waals surface area contributed by atoms with E-state index in [1.807, 2.05) is 0 Å². The Bertz CT molecular complexity index is 1980. The summed E-state index contributed by atoms with van der Waals surface area (Å²) >= 11 is 0. The van der Waals surface area contributed by atoms with E-state index in [0.717, 1.165) is 77.5 Å². The zero-order chi connectivity index (χ0) is 60.6. The van der Waals surface area contributed by atoms with Gasteiger partial charge < -0.3 is 71.9 Å². The molecule has 458 valence electrons. The van der Waals surface area contributed by atoms with Crippen LogP contribution in [0.5, 0.6) is 0 Å². The maximum Gasteiger partial charge on any atom is 0.322 e. The Kier molecular flexibility index (Phi) is 22.8. The third-order valence-electron chi connectivity index (χ3n) is 15.4. The molecule has 1 atom stereocenters. The monoisotopic (exact) mass is 1130 g/mol. The second kappa shape index (κ2) is 26.8. The molecule has 0 saturated carbocycles. The standard InChI is InChI=1S/2C27H50N8O2.C4H10O2/c2*1-11-34(18-13-24(3,4)32-25(5,6)14-18)22-29-21(28-17-20(36)37)30-23(31-22)35(12-2)19-15-26(7,8)33-27(9,10)16-19;1-4(6)2-3-5/h2*18-19,32-33H,11-17H2,1-10H3,(H,36,37)(H,28,29,30,31);4-6H,2-3H2,1H3. The van der Waals surface area contributed by atoms with Crippen molar-refractivity contribution < 1.29 is 30.0 Å². The van der Waals surface area contributed by atoms with Crippen LogP contribution in [0, 0.1) is 0 Å². The molecule has 0 aromatic carbocycles. The van der Waals surface area contributed by atoms with Crippen molar-refractivity contribution in [3.05, 3.63) is 0 Å². The maximum atomic E-state index is 11.3. The molecule has 6 rings (SSSR count). The number of aliphatic carboxylic acids is 2. The van der Waals surface area contributed by atoms with Crippen LogP contribution in [0.25, 0.3) is 0 Å². The summed E-state index contributed by atoms with van der Waals surface area (Å²) in [6.45, 7) is 48.6. The molecular weight excluding hydrogens is 1020 g/mol. The predicted molar refractivity (Wildman–Crippen MR) is 325 cm³/mol. The van der Waals surface area contributed by atoms with E-state index >= 15 is 0 Å². The molecular formula is C58H110N16O6. The lowest BCUT2D eigenvalue weighted by molar-refractivity contribution is -0.136. The van der Waals surface area contributed by atoms with Gasteiger partial charge in [0.05, 0.1) is 6.10 Å². The fourth-order valence-electron chi connectivity index (χ4n) is 14.1. The smallest absolute Gasteiger partial charge is 0.322 e. The van der Waals surface area contributed by atoms with E-state index in [1.54, 1.807) is 6.92 Å². The summed E-state index contributed by atoms with van der Waals surface area (Å²) in [5.74, 6) is 1.11. The predicted octanol–water partition coefficient (Wildman–Crippen LogP) is 7.03. The molecule has 2 aromatic heterocycles. The number of piperidine rings is 4. The molecule has 80 heavy (non-hydrogen) atoms. The molecule has 4 aliphatic heterocycles. The summed E-state index contributed by atoms with van der Waals surface area (Å²) in [6, 6.07) is 0.965. The Morgan fingerprint density at radius 2 is 0.650 bits per heavy atom. The number of aliphatic hydroxyl groups is 2. The van der Waals surface area contributed by atoms with E-state index in [4.69, 9.17) is 40.1 Å². The zero-order valence-corrected chi connectivity index (χ0v) is 53.3. The number of carboxylic acid groups (broad SMARTS) is 2. The molecule has 0 aliphatic carbocycles. The van der Waals surface area contributed by atoms with Gasteiger partial charge in [-0.2, -0.15) is 29.9 Å². The molecule has 22 nitrogen and oxygen atoms in total. The normalized spacial score (nSPS) is 22.2. The van der Waals surface area contributed by atoms with Crippen molar-refractivity contribution in [3.8, 4) is 0 Å². The van der Waals surface area contributed by atoms with Crippen LogP contribution in [0.2, 0.25) is 0 Å². The van der Waals surface area contributed by atoms with Crippen LogP contribution in [0.1, 0.15) is 203 Å². The van der Waals surface area contributed by atoms with Gasteiger partial charge in [-0.15, -0.1) is 0 Å². The van der Waals surface area contributed by atoms with Crippen molar-refractivity contribution >= 4 is 47.6 Å². The zero-order valence-electron chi connectivity index (χ0n) is 53.3. The van der Waals surface area contributed by atoms with Gasteiger partial charge in [-0.05, 0) is 203 Å². The molecule has 6 heterocycles. The highest BCUT2D eigenvalue weighted by molar-refractivity contribution is 5.72. The van der Waals surface area contributed by atoms with E-state index in [-0.39, 0.29) is 94.3 Å². The lowest BCUT2D eigenvalue weighted by Gasteiger charge is -2.50. The van der Waals surface area contributed by atoms with Gasteiger partial charge in [-0.25, -0.2) is 0 Å². The first-order valence-corrected chi connectivity index (χ1v) is 29.6. The lowest BCUT2D eigenvalue weighted by atomic mass is 9.79. The van der Waals surface area contributed by atoms with Crippen LogP contribution in [-0.2, 0) is 9.59 Å². The molecule has 2 aromatic rings. The number of hydrogen-bond donors (Lipinski definition) is 10. The fraction of sp³-hybridized carbons (Fsp3) is 0.862. The van der Waals surface area contributed by atoms with Crippen molar-refractivity contribution in [1.82, 2.24) is 51.2 Å². The van der Waals surface area contributed by atoms with Gasteiger partial charge in [0.25, 0.3) is 0 Å². The Labute approximate surface area is 481 Å². The van der Waals surface area contributed by atoms with Gasteiger partial charge >= 0.3 is 11.9 Å². The van der Waals surface area contributed by atoms with Crippen molar-refractivity contribution in [3.63, 3.8) is 0 Å². The SMILES string of the molecule is CC(O)CCO.CCN(c1nc(NCC(=O)O)nc(N(CC)C2CC(C)(C)NC(C)(C)C2)n1)C1CC(C)(C)NC(C)(C)C1.CCN(c1nc(NCC(=O)O)nc(N(CC)C2CC(C)(C)NC(C)(C)C2)n1)C1CC(C)(C)NC(C)(C)C1. The Morgan fingerprint density at radius 1 is 0.450 bits per heavy atom. The van der Waals surface area contributed by atoms with E-state index in [1.165, 1.54) is 0 Å². The molecule has 4 saturated heterocycles. The molecule has 22 heteroatoms. The lowest BCUT2D eigenvalue weighted by Crippen LogP contribution is -2.62. The Hall–Kier alpha value is -4.48. The van der Waals surface area contributed by atoms with Crippen LogP contribution < -0.4 is 51.5 Å². The second-order valence-corrected chi connectivity index (χ2v) is 28.3. The first-order valence-electron chi connectivity index (χ1n) is 29.6. The number of carboxylic acids is 2. The number of nitrogens with one attached hydrogen (secondary N) is 6. The highest BCUT2D eigenvalue weighted by Gasteiger charge is 2.45. The summed E-state index contributed by atoms with van der Waals surface area (Å²) in [6.07, 6.45) is 7.78. The van der Waals surface area contributed by atoms with Gasteiger partial charge in [-0.3, -0.25) is 9.59 Å². The Morgan fingerprint density at radius 3 is 0.787 bits per heavy atom. The van der Waals surface area contributed by atoms with Crippen LogP contribution in [0.4, 0.5) is 35.7 Å². The average molecular weight is 1130 g/mol. The van der Waals surface area contributed by atoms with Crippen LogP contribution in [-0.4, -0.2) is 183 Å². The number of carbonyl (C=O) groups is 2. The van der Waals surface area contributed by atoms with E-state index in [9.17, 15) is 19.8 Å². The molecule has 4 fully saturated rings. The van der Waals surface area contributed by atoms with Crippen LogP contribution >= 0.6 is 0 Å². The van der Waals surface area contributed by atoms with Gasteiger partial charge in [0.15, 0.2) is 0 Å². The molecule has 0 radical (unpaired) electrons. The molecule has 10 N–H and O–H groups in total. The van der Waals surface area contributed by atoms with Crippen LogP contribution in [0.3, 0.4) is 0 Å². The fourth-order valence-corrected chi connectivity index (χ4v) is 14.1. The van der Waals surface area contributed by atoms with Crippen molar-refractivity contribution in [2.24, 2.45) is 0 Å². The van der Waals surface area contributed by atoms with E-state index < -0.39 is 11.9 Å². The first-order chi connectivity index (χ1) is 36.7. The summed E-state index contributed by atoms with van der Waals surface area (Å²) < 4.78 is 0. The quantitative estimate of drug-likeness (QED) is 0.0637. The van der Waals surface area contributed by atoms with E-state index in [0.29, 0.717) is 42.1 Å². The van der Waals surface area contributed by atoms with Crippen LogP contribution in [0.15, 0.2) is 0 Å². The van der Waals surface area contributed by atoms with Crippen molar-refractivity contribution in [2.75, 3.05) is 76.1 Å². The van der Waals surface area contributed by atoms with Gasteiger partial charge in [0.1, 0.15) is 13.1 Å². The minimum Gasteiger partial charge on any atom is -0.480 e. The highest BCUT2D eigenvalue weighted by atomic mass is 16.4. The number of aliphatic hydroxyl groups excluding tert-OH is 2. The van der Waals surface area contributed by atoms with Crippen molar-refractivity contribution in [1.29, 1.82) is 0 Å². The first kappa shape index (κ1) is 68.0. The van der Waals surface area contributed by atoms with Crippen molar-refractivity contribution in [2.45, 2.75) is 278 Å². The third-order valence-corrected chi connectivity index (χ3v) is 15.4. The molecule has 1 unspecified atom stereocenters. The van der Waals surface area contributed by atoms with E-state index in [2.05, 4.69) is 190 Å². The number of aromatic nitrogens is 6. The molecule has 0 spiro atoms. The number of hydrogen-bond acceptors (Lipinski definition) is 20. The van der Waals surface area contributed by atoms with Gasteiger partial charge in [0.2, 0.25) is 35.7 Å². The largest absolute Gasteiger partial charge is 0.480 e.